The van der Waals surface area contributed by atoms with Crippen LogP contribution in [0.2, 0.25) is 0 Å². The van der Waals surface area contributed by atoms with Crippen molar-refractivity contribution in [1.82, 2.24) is 9.97 Å². The first-order valence-corrected chi connectivity index (χ1v) is 13.3. The molecule has 2 heterocycles. The fraction of sp³-hybridized carbons (Fsp3) is 0.652. The van der Waals surface area contributed by atoms with Crippen LogP contribution in [0.5, 0.6) is 0 Å². The number of nitrogens with zero attached hydrogens (tertiary/aromatic N) is 3. The van der Waals surface area contributed by atoms with E-state index in [1.807, 2.05) is 12.4 Å². The van der Waals surface area contributed by atoms with E-state index < -0.39 is 27.1 Å². The van der Waals surface area contributed by atoms with E-state index in [0.29, 0.717) is 29.9 Å². The van der Waals surface area contributed by atoms with E-state index in [-0.39, 0.29) is 6.61 Å². The minimum Gasteiger partial charge on any atom is -0.376 e. The smallest absolute Gasteiger partial charge is 0.225 e. The zero-order valence-electron chi connectivity index (χ0n) is 18.6. The van der Waals surface area contributed by atoms with Crippen LogP contribution in [0, 0.1) is 17.8 Å². The lowest BCUT2D eigenvalue weighted by atomic mass is 9.91. The Hall–Kier alpha value is -1.87. The molecule has 0 amide bonds. The third kappa shape index (κ3) is 5.36. The Morgan fingerprint density at radius 3 is 2.50 bits per heavy atom. The largest absolute Gasteiger partial charge is 0.376 e. The summed E-state index contributed by atoms with van der Waals surface area (Å²) in [5.74, 6) is 1.63. The summed E-state index contributed by atoms with van der Waals surface area (Å²) in [6, 6.07) is 0. The second-order valence-corrected chi connectivity index (χ2v) is 11.4. The van der Waals surface area contributed by atoms with E-state index in [1.165, 1.54) is 0 Å². The average molecular weight is 468 g/mol. The molecule has 0 N–H and O–H groups in total. The number of ether oxygens (including phenoxy) is 1. The highest BCUT2D eigenvalue weighted by atomic mass is 32.2. The minimum atomic E-state index is -3.83. The molecule has 176 valence electrons. The Balaban J connectivity index is 1.19. The number of sulfone groups is 1. The van der Waals surface area contributed by atoms with Gasteiger partial charge in [0.05, 0.1) is 13.2 Å². The molecule has 2 aliphatic carbocycles. The van der Waals surface area contributed by atoms with Crippen molar-refractivity contribution < 1.29 is 21.9 Å². The Labute approximate surface area is 188 Å². The fourth-order valence-electron chi connectivity index (χ4n) is 4.87. The van der Waals surface area contributed by atoms with Crippen LogP contribution in [0.15, 0.2) is 35.9 Å². The lowest BCUT2D eigenvalue weighted by Crippen LogP contribution is -2.35. The highest BCUT2D eigenvalue weighted by Gasteiger charge is 2.44. The van der Waals surface area contributed by atoms with Gasteiger partial charge in [-0.2, -0.15) is 0 Å². The first kappa shape index (κ1) is 23.3. The van der Waals surface area contributed by atoms with Gasteiger partial charge < -0.3 is 9.64 Å². The lowest BCUT2D eigenvalue weighted by molar-refractivity contribution is 0.137. The van der Waals surface area contributed by atoms with Gasteiger partial charge in [0.1, 0.15) is 17.2 Å². The van der Waals surface area contributed by atoms with Crippen molar-refractivity contribution in [3.8, 4) is 0 Å². The van der Waals surface area contributed by atoms with Gasteiger partial charge in [-0.3, -0.25) is 0 Å². The van der Waals surface area contributed by atoms with Crippen LogP contribution in [0.1, 0.15) is 31.7 Å². The molecule has 2 unspecified atom stereocenters. The Morgan fingerprint density at radius 1 is 1.22 bits per heavy atom. The molecule has 1 aromatic heterocycles. The van der Waals surface area contributed by atoms with E-state index in [2.05, 4.69) is 21.8 Å². The topological polar surface area (TPSA) is 72.4 Å². The van der Waals surface area contributed by atoms with Gasteiger partial charge in [0, 0.05) is 31.7 Å². The van der Waals surface area contributed by atoms with E-state index in [4.69, 9.17) is 4.74 Å². The zero-order valence-corrected chi connectivity index (χ0v) is 19.4. The summed E-state index contributed by atoms with van der Waals surface area (Å²) in [5, 5.41) is -1.74. The van der Waals surface area contributed by atoms with Gasteiger partial charge in [0.15, 0.2) is 9.84 Å². The second-order valence-electron chi connectivity index (χ2n) is 9.21. The maximum Gasteiger partial charge on any atom is 0.225 e. The molecule has 0 spiro atoms. The number of aryl methyl sites for hydroxylation is 1. The molecule has 0 aromatic carbocycles. The summed E-state index contributed by atoms with van der Waals surface area (Å²) in [6.45, 7) is 4.66. The molecule has 9 heteroatoms. The molecule has 3 aliphatic rings. The van der Waals surface area contributed by atoms with Gasteiger partial charge in [-0.25, -0.2) is 27.2 Å². The van der Waals surface area contributed by atoms with E-state index in [0.717, 1.165) is 68.7 Å². The summed E-state index contributed by atoms with van der Waals surface area (Å²) in [5.41, 5.74) is 1.50. The maximum atomic E-state index is 14.1. The first-order valence-electron chi connectivity index (χ1n) is 11.3. The third-order valence-electron chi connectivity index (χ3n) is 6.82. The molecule has 0 bridgehead atoms. The quantitative estimate of drug-likeness (QED) is 0.583. The van der Waals surface area contributed by atoms with Crippen molar-refractivity contribution in [3.63, 3.8) is 0 Å². The molecular formula is C23H31F2N3O3S. The van der Waals surface area contributed by atoms with Crippen LogP contribution >= 0.6 is 0 Å². The van der Waals surface area contributed by atoms with Crippen molar-refractivity contribution in [3.05, 3.63) is 41.5 Å². The summed E-state index contributed by atoms with van der Waals surface area (Å²) in [7, 11) is -3.83. The van der Waals surface area contributed by atoms with Gasteiger partial charge in [-0.1, -0.05) is 6.92 Å². The number of allylic oxidation sites excluding steroid dienone is 1. The molecule has 4 rings (SSSR count). The molecule has 0 radical (unpaired) electrons. The monoisotopic (exact) mass is 467 g/mol. The molecule has 4 atom stereocenters. The summed E-state index contributed by atoms with van der Waals surface area (Å²) >= 11 is 0. The SMILES string of the molecule is CCc1cnc(N2CCC([C@H]3C[C@H]3COCC3=CC(F)C(S(C)(=O)=O)C(F)=C3)CC2)nc1. The van der Waals surface area contributed by atoms with E-state index in [1.54, 1.807) is 0 Å². The number of aromatic nitrogens is 2. The molecule has 6 nitrogen and oxygen atoms in total. The standard InChI is InChI=1S/C23H31F2N3O3S/c1-3-15-11-26-23(27-12-15)28-6-4-17(5-7-28)19-10-18(19)14-31-13-16-8-20(24)22(21(25)9-16)32(2,29)30/h8-9,11-12,17-20,22H,3-7,10,13-14H2,1-2H3/t18-,19+,20?,22?/m0/s1. The van der Waals surface area contributed by atoms with E-state index >= 15 is 0 Å². The zero-order chi connectivity index (χ0) is 22.9. The van der Waals surface area contributed by atoms with Gasteiger partial charge >= 0.3 is 0 Å². The predicted octanol–water partition coefficient (Wildman–Crippen LogP) is 3.45. The summed E-state index contributed by atoms with van der Waals surface area (Å²) < 4.78 is 57.0. The molecular weight excluding hydrogens is 436 g/mol. The second kappa shape index (κ2) is 9.55. The Bertz CT molecular complexity index is 973. The average Bonchev–Trinajstić information content (AvgIpc) is 3.52. The first-order chi connectivity index (χ1) is 15.3. The van der Waals surface area contributed by atoms with Crippen molar-refractivity contribution in [1.29, 1.82) is 0 Å². The maximum absolute atomic E-state index is 14.1. The number of anilines is 1. The Kier molecular flexibility index (Phi) is 6.95. The van der Waals surface area contributed by atoms with Crippen LogP contribution in [0.25, 0.3) is 0 Å². The van der Waals surface area contributed by atoms with Gasteiger partial charge in [-0.05, 0) is 66.7 Å². The summed E-state index contributed by atoms with van der Waals surface area (Å²) in [4.78, 5) is 11.2. The van der Waals surface area contributed by atoms with Crippen LogP contribution in [0.4, 0.5) is 14.7 Å². The van der Waals surface area contributed by atoms with E-state index in [9.17, 15) is 17.2 Å². The normalized spacial score (nSPS) is 28.9. The predicted molar refractivity (Wildman–Crippen MR) is 120 cm³/mol. The van der Waals surface area contributed by atoms with Crippen LogP contribution in [0.3, 0.4) is 0 Å². The number of hydrogen-bond donors (Lipinski definition) is 0. The number of alkyl halides is 1. The number of halogens is 2. The summed E-state index contributed by atoms with van der Waals surface area (Å²) in [6.07, 6.45) is 9.29. The molecule has 1 saturated carbocycles. The van der Waals surface area contributed by atoms with Crippen molar-refractivity contribution >= 4 is 15.8 Å². The lowest BCUT2D eigenvalue weighted by Gasteiger charge is -2.32. The molecule has 1 aliphatic heterocycles. The highest BCUT2D eigenvalue weighted by Crippen LogP contribution is 2.48. The van der Waals surface area contributed by atoms with Crippen LogP contribution < -0.4 is 4.90 Å². The number of rotatable bonds is 8. The van der Waals surface area contributed by atoms with Gasteiger partial charge in [-0.15, -0.1) is 0 Å². The fourth-order valence-corrected chi connectivity index (χ4v) is 5.90. The highest BCUT2D eigenvalue weighted by molar-refractivity contribution is 7.91. The van der Waals surface area contributed by atoms with Crippen LogP contribution in [-0.4, -0.2) is 62.4 Å². The van der Waals surface area contributed by atoms with Crippen molar-refractivity contribution in [2.75, 3.05) is 37.5 Å². The molecule has 2 fully saturated rings. The number of hydrogen-bond acceptors (Lipinski definition) is 6. The number of piperidine rings is 1. The van der Waals surface area contributed by atoms with Crippen molar-refractivity contribution in [2.45, 2.75) is 44.0 Å². The Morgan fingerprint density at radius 2 is 1.91 bits per heavy atom. The molecule has 1 aromatic rings. The van der Waals surface area contributed by atoms with Gasteiger partial charge in [0.25, 0.3) is 0 Å². The van der Waals surface area contributed by atoms with Crippen LogP contribution in [-0.2, 0) is 21.0 Å². The minimum absolute atomic E-state index is 0.0943. The third-order valence-corrected chi connectivity index (χ3v) is 8.23. The van der Waals surface area contributed by atoms with Crippen molar-refractivity contribution in [2.24, 2.45) is 17.8 Å². The van der Waals surface area contributed by atoms with Gasteiger partial charge in [0.2, 0.25) is 5.95 Å². The molecule has 1 saturated heterocycles. The molecule has 32 heavy (non-hydrogen) atoms.